The molecule has 2 aliphatic rings. The summed E-state index contributed by atoms with van der Waals surface area (Å²) in [4.78, 5) is 8.14. The van der Waals surface area contributed by atoms with Gasteiger partial charge in [0.1, 0.15) is 22.8 Å². The Labute approximate surface area is 208 Å². The minimum Gasteiger partial charge on any atom is -0.496 e. The zero-order valence-corrected chi connectivity index (χ0v) is 21.2. The third-order valence-corrected chi connectivity index (χ3v) is 8.26. The Balaban J connectivity index is 1.21. The van der Waals surface area contributed by atoms with Crippen LogP contribution in [0.4, 0.5) is 0 Å². The van der Waals surface area contributed by atoms with Crippen molar-refractivity contribution < 1.29 is 18.6 Å². The van der Waals surface area contributed by atoms with E-state index in [0.717, 1.165) is 45.7 Å². The summed E-state index contributed by atoms with van der Waals surface area (Å²) in [5.74, 6) is 2.73. The standard InChI is InChI=1S/C26H32N4O4S/c1-31-19-11-22(33-16-17-7-6-10-29(14-17)18-8-4-3-5-9-18)20-13-24(34-23(20)12-19)21-15-30-25(27-21)35-26(28-30)32-2/h11-13,15,17-18H,3-10,14,16H2,1-2H3. The summed E-state index contributed by atoms with van der Waals surface area (Å²) in [6, 6.07) is 6.63. The molecule has 0 spiro atoms. The highest BCUT2D eigenvalue weighted by atomic mass is 32.1. The fraction of sp³-hybridized carbons (Fsp3) is 0.538. The number of hydrogen-bond donors (Lipinski definition) is 0. The molecule has 4 heterocycles. The lowest BCUT2D eigenvalue weighted by Gasteiger charge is -2.40. The van der Waals surface area contributed by atoms with Gasteiger partial charge in [0.05, 0.1) is 32.4 Å². The summed E-state index contributed by atoms with van der Waals surface area (Å²) in [6.45, 7) is 3.07. The molecule has 0 bridgehead atoms. The molecule has 2 fully saturated rings. The largest absolute Gasteiger partial charge is 0.496 e. The number of piperidine rings is 1. The quantitative estimate of drug-likeness (QED) is 0.328. The molecule has 9 heteroatoms. The van der Waals surface area contributed by atoms with E-state index in [4.69, 9.17) is 18.6 Å². The van der Waals surface area contributed by atoms with Crippen LogP contribution in [0.1, 0.15) is 44.9 Å². The maximum absolute atomic E-state index is 6.44. The molecule has 0 radical (unpaired) electrons. The number of ether oxygens (including phenoxy) is 3. The van der Waals surface area contributed by atoms with Gasteiger partial charge in [-0.15, -0.1) is 5.10 Å². The van der Waals surface area contributed by atoms with E-state index < -0.39 is 0 Å². The van der Waals surface area contributed by atoms with Crippen molar-refractivity contribution >= 4 is 27.3 Å². The van der Waals surface area contributed by atoms with Gasteiger partial charge in [-0.3, -0.25) is 4.90 Å². The van der Waals surface area contributed by atoms with Crippen LogP contribution in [0.5, 0.6) is 16.7 Å². The van der Waals surface area contributed by atoms with Crippen molar-refractivity contribution in [1.82, 2.24) is 19.5 Å². The maximum Gasteiger partial charge on any atom is 0.294 e. The number of rotatable bonds is 7. The first kappa shape index (κ1) is 22.7. The molecule has 186 valence electrons. The summed E-state index contributed by atoms with van der Waals surface area (Å²) < 4.78 is 25.1. The number of nitrogens with zero attached hydrogens (tertiary/aromatic N) is 4. The van der Waals surface area contributed by atoms with Gasteiger partial charge in [0.25, 0.3) is 5.19 Å². The van der Waals surface area contributed by atoms with Crippen molar-refractivity contribution in [2.24, 2.45) is 5.92 Å². The van der Waals surface area contributed by atoms with Crippen LogP contribution >= 0.6 is 11.3 Å². The molecule has 3 aromatic heterocycles. The molecule has 1 saturated heterocycles. The van der Waals surface area contributed by atoms with Crippen molar-refractivity contribution in [3.05, 3.63) is 24.4 Å². The average molecular weight is 497 g/mol. The number of fused-ring (bicyclic) bond motifs is 2. The number of hydrogen-bond acceptors (Lipinski definition) is 8. The number of likely N-dealkylation sites (tertiary alicyclic amines) is 1. The normalized spacial score (nSPS) is 20.0. The Kier molecular flexibility index (Phi) is 6.28. The van der Waals surface area contributed by atoms with Gasteiger partial charge in [0.2, 0.25) is 4.96 Å². The molecular formula is C26H32N4O4S. The van der Waals surface area contributed by atoms with E-state index in [0.29, 0.717) is 23.5 Å². The number of methoxy groups -OCH3 is 2. The fourth-order valence-electron chi connectivity index (χ4n) is 5.55. The topological polar surface area (TPSA) is 74.3 Å². The van der Waals surface area contributed by atoms with E-state index >= 15 is 0 Å². The van der Waals surface area contributed by atoms with E-state index in [1.807, 2.05) is 24.4 Å². The first-order valence-corrected chi connectivity index (χ1v) is 13.4. The molecule has 1 atom stereocenters. The van der Waals surface area contributed by atoms with Crippen molar-refractivity contribution in [1.29, 1.82) is 0 Å². The molecular weight excluding hydrogens is 464 g/mol. The number of aromatic nitrogens is 3. The zero-order chi connectivity index (χ0) is 23.8. The summed E-state index contributed by atoms with van der Waals surface area (Å²) in [5.41, 5.74) is 1.45. The zero-order valence-electron chi connectivity index (χ0n) is 20.4. The van der Waals surface area contributed by atoms with E-state index in [9.17, 15) is 0 Å². The highest BCUT2D eigenvalue weighted by molar-refractivity contribution is 7.18. The Morgan fingerprint density at radius 2 is 1.94 bits per heavy atom. The maximum atomic E-state index is 6.44. The van der Waals surface area contributed by atoms with Crippen LogP contribution in [0, 0.1) is 5.92 Å². The van der Waals surface area contributed by atoms with Gasteiger partial charge >= 0.3 is 0 Å². The molecule has 0 amide bonds. The molecule has 1 saturated carbocycles. The SMILES string of the molecule is COc1cc(OCC2CCCN(C3CCCCC3)C2)c2cc(-c3cn4nc(OC)sc4n3)oc2c1. The second-order valence-corrected chi connectivity index (χ2v) is 10.6. The van der Waals surface area contributed by atoms with Crippen molar-refractivity contribution in [2.45, 2.75) is 51.0 Å². The van der Waals surface area contributed by atoms with Crippen LogP contribution in [0.3, 0.4) is 0 Å². The summed E-state index contributed by atoms with van der Waals surface area (Å²) in [6.07, 6.45) is 11.2. The second-order valence-electron chi connectivity index (χ2n) is 9.68. The third-order valence-electron chi connectivity index (χ3n) is 7.38. The van der Waals surface area contributed by atoms with Crippen LogP contribution in [0.2, 0.25) is 0 Å². The molecule has 1 aliphatic heterocycles. The number of imidazole rings is 1. The van der Waals surface area contributed by atoms with Gasteiger partial charge in [0, 0.05) is 30.6 Å². The first-order chi connectivity index (χ1) is 17.2. The molecule has 8 nitrogen and oxygen atoms in total. The molecule has 0 N–H and O–H groups in total. The van der Waals surface area contributed by atoms with Gasteiger partial charge in [-0.25, -0.2) is 9.50 Å². The Bertz CT molecular complexity index is 1270. The summed E-state index contributed by atoms with van der Waals surface area (Å²) in [7, 11) is 3.27. The predicted molar refractivity (Wildman–Crippen MR) is 136 cm³/mol. The number of furan rings is 1. The van der Waals surface area contributed by atoms with Crippen LogP contribution in [-0.2, 0) is 0 Å². The van der Waals surface area contributed by atoms with Crippen LogP contribution in [-0.4, -0.2) is 59.5 Å². The van der Waals surface area contributed by atoms with E-state index in [2.05, 4.69) is 15.0 Å². The van der Waals surface area contributed by atoms with Gasteiger partial charge < -0.3 is 18.6 Å². The highest BCUT2D eigenvalue weighted by Crippen LogP contribution is 2.38. The first-order valence-electron chi connectivity index (χ1n) is 12.6. The van der Waals surface area contributed by atoms with E-state index in [1.165, 1.54) is 62.8 Å². The van der Waals surface area contributed by atoms with Gasteiger partial charge in [-0.1, -0.05) is 19.3 Å². The molecule has 1 unspecified atom stereocenters. The summed E-state index contributed by atoms with van der Waals surface area (Å²) >= 11 is 1.39. The lowest BCUT2D eigenvalue weighted by atomic mass is 9.90. The summed E-state index contributed by atoms with van der Waals surface area (Å²) in [5, 5.41) is 5.87. The number of benzene rings is 1. The van der Waals surface area contributed by atoms with E-state index in [1.54, 1.807) is 18.7 Å². The lowest BCUT2D eigenvalue weighted by molar-refractivity contribution is 0.0778. The van der Waals surface area contributed by atoms with Crippen LogP contribution in [0.25, 0.3) is 27.4 Å². The molecule has 4 aromatic rings. The molecule has 6 rings (SSSR count). The highest BCUT2D eigenvalue weighted by Gasteiger charge is 2.27. The second kappa shape index (κ2) is 9.70. The minimum absolute atomic E-state index is 0.541. The predicted octanol–water partition coefficient (Wildman–Crippen LogP) is 5.64. The van der Waals surface area contributed by atoms with Crippen LogP contribution in [0.15, 0.2) is 28.8 Å². The lowest BCUT2D eigenvalue weighted by Crippen LogP contribution is -2.44. The Morgan fingerprint density at radius 3 is 2.74 bits per heavy atom. The Hall–Kier alpha value is -2.78. The molecule has 35 heavy (non-hydrogen) atoms. The van der Waals surface area contributed by atoms with Crippen molar-refractivity contribution in [3.8, 4) is 28.1 Å². The van der Waals surface area contributed by atoms with Gasteiger partial charge in [0.15, 0.2) is 5.76 Å². The average Bonchev–Trinajstić information content (AvgIpc) is 3.60. The third kappa shape index (κ3) is 4.59. The van der Waals surface area contributed by atoms with Gasteiger partial charge in [-0.2, -0.15) is 0 Å². The molecule has 1 aromatic carbocycles. The van der Waals surface area contributed by atoms with Crippen LogP contribution < -0.4 is 14.2 Å². The fourth-order valence-corrected chi connectivity index (χ4v) is 6.25. The monoisotopic (exact) mass is 496 g/mol. The Morgan fingerprint density at radius 1 is 1.06 bits per heavy atom. The minimum atomic E-state index is 0.541. The van der Waals surface area contributed by atoms with Gasteiger partial charge in [-0.05, 0) is 49.6 Å². The van der Waals surface area contributed by atoms with Crippen molar-refractivity contribution in [2.75, 3.05) is 33.9 Å². The van der Waals surface area contributed by atoms with E-state index in [-0.39, 0.29) is 0 Å². The smallest absolute Gasteiger partial charge is 0.294 e. The molecule has 1 aliphatic carbocycles. The van der Waals surface area contributed by atoms with Crippen molar-refractivity contribution in [3.63, 3.8) is 0 Å².